The van der Waals surface area contributed by atoms with Crippen molar-refractivity contribution >= 4 is 22.1 Å². The molecular formula is C21H17N7. The Labute approximate surface area is 160 Å². The van der Waals surface area contributed by atoms with E-state index in [1.54, 1.807) is 10.9 Å². The summed E-state index contributed by atoms with van der Waals surface area (Å²) in [5.74, 6) is 0.850. The third-order valence-corrected chi connectivity index (χ3v) is 4.92. The lowest BCUT2D eigenvalue weighted by Crippen LogP contribution is -1.99. The molecule has 7 heteroatoms. The van der Waals surface area contributed by atoms with Gasteiger partial charge in [-0.25, -0.2) is 9.97 Å². The third-order valence-electron chi connectivity index (χ3n) is 4.92. The number of aromatic amines is 1. The molecule has 5 rings (SSSR count). The highest BCUT2D eigenvalue weighted by atomic mass is 15.3. The minimum absolute atomic E-state index is 0.419. The summed E-state index contributed by atoms with van der Waals surface area (Å²) in [6.45, 7) is 2.64. The van der Waals surface area contributed by atoms with Crippen molar-refractivity contribution in [1.82, 2.24) is 29.3 Å². The quantitative estimate of drug-likeness (QED) is 0.520. The van der Waals surface area contributed by atoms with Gasteiger partial charge in [0.05, 0.1) is 42.6 Å². The maximum atomic E-state index is 8.86. The van der Waals surface area contributed by atoms with E-state index in [0.29, 0.717) is 13.0 Å². The molecule has 0 unspecified atom stereocenters. The van der Waals surface area contributed by atoms with Crippen LogP contribution in [0.15, 0.2) is 55.1 Å². The molecule has 0 aliphatic heterocycles. The summed E-state index contributed by atoms with van der Waals surface area (Å²) in [4.78, 5) is 12.6. The highest BCUT2D eigenvalue weighted by Crippen LogP contribution is 2.33. The summed E-state index contributed by atoms with van der Waals surface area (Å²) in [5.41, 5.74) is 5.76. The molecule has 5 aromatic rings. The molecule has 0 saturated carbocycles. The summed E-state index contributed by atoms with van der Waals surface area (Å²) in [5, 5.41) is 14.3. The fourth-order valence-electron chi connectivity index (χ4n) is 3.58. The number of pyridine rings is 1. The lowest BCUT2D eigenvalue weighted by molar-refractivity contribution is 0.627. The zero-order valence-electron chi connectivity index (χ0n) is 15.3. The highest BCUT2D eigenvalue weighted by molar-refractivity contribution is 6.03. The lowest BCUT2D eigenvalue weighted by atomic mass is 10.1. The molecule has 4 heterocycles. The Morgan fingerprint density at radius 3 is 2.93 bits per heavy atom. The molecule has 7 nitrogen and oxygen atoms in total. The highest BCUT2D eigenvalue weighted by Gasteiger charge is 2.19. The summed E-state index contributed by atoms with van der Waals surface area (Å²) >= 11 is 0. The topological polar surface area (TPSA) is 88.1 Å². The van der Waals surface area contributed by atoms with Crippen molar-refractivity contribution in [1.29, 1.82) is 5.26 Å². The minimum atomic E-state index is 0.419. The molecule has 1 aromatic carbocycles. The van der Waals surface area contributed by atoms with Crippen LogP contribution in [0, 0.1) is 18.3 Å². The Bertz CT molecular complexity index is 1350. The first-order valence-electron chi connectivity index (χ1n) is 9.06. The second-order valence-corrected chi connectivity index (χ2v) is 6.69. The molecule has 28 heavy (non-hydrogen) atoms. The van der Waals surface area contributed by atoms with E-state index in [0.717, 1.165) is 44.7 Å². The van der Waals surface area contributed by atoms with Gasteiger partial charge < -0.3 is 4.98 Å². The van der Waals surface area contributed by atoms with Crippen molar-refractivity contribution in [3.8, 4) is 23.1 Å². The van der Waals surface area contributed by atoms with E-state index in [1.807, 2.05) is 36.8 Å². The molecule has 0 amide bonds. The van der Waals surface area contributed by atoms with Crippen LogP contribution < -0.4 is 0 Å². The molecule has 136 valence electrons. The van der Waals surface area contributed by atoms with Crippen LogP contribution in [-0.4, -0.2) is 29.3 Å². The summed E-state index contributed by atoms with van der Waals surface area (Å²) in [6, 6.07) is 12.4. The molecule has 0 spiro atoms. The standard InChI is InChI=1S/C21H17N7/c1-14-5-2-3-6-16(14)21-26-18-12-24-20-17(7-9-23-20)19(18)28(21)15-11-25-27(13-15)10-4-8-22/h2-3,5-7,9,11-13H,4,10H2,1H3,(H,23,24). The second-order valence-electron chi connectivity index (χ2n) is 6.69. The Kier molecular flexibility index (Phi) is 3.69. The van der Waals surface area contributed by atoms with E-state index >= 15 is 0 Å². The van der Waals surface area contributed by atoms with Crippen molar-refractivity contribution in [2.75, 3.05) is 0 Å². The fourth-order valence-corrected chi connectivity index (χ4v) is 3.58. The van der Waals surface area contributed by atoms with Crippen LogP contribution in [0.5, 0.6) is 0 Å². The molecule has 4 aromatic heterocycles. The molecule has 0 saturated heterocycles. The predicted molar refractivity (Wildman–Crippen MR) is 107 cm³/mol. The van der Waals surface area contributed by atoms with Crippen LogP contribution >= 0.6 is 0 Å². The normalized spacial score (nSPS) is 11.3. The summed E-state index contributed by atoms with van der Waals surface area (Å²) < 4.78 is 3.92. The summed E-state index contributed by atoms with van der Waals surface area (Å²) in [7, 11) is 0. The predicted octanol–water partition coefficient (Wildman–Crippen LogP) is 3.99. The van der Waals surface area contributed by atoms with Gasteiger partial charge >= 0.3 is 0 Å². The van der Waals surface area contributed by atoms with Crippen molar-refractivity contribution in [3.05, 3.63) is 60.7 Å². The molecule has 0 fully saturated rings. The second kappa shape index (κ2) is 6.35. The van der Waals surface area contributed by atoms with Crippen molar-refractivity contribution in [3.63, 3.8) is 0 Å². The molecular weight excluding hydrogens is 350 g/mol. The van der Waals surface area contributed by atoms with Crippen molar-refractivity contribution in [2.45, 2.75) is 19.9 Å². The van der Waals surface area contributed by atoms with E-state index in [1.165, 1.54) is 0 Å². The van der Waals surface area contributed by atoms with E-state index in [2.05, 4.69) is 44.8 Å². The Morgan fingerprint density at radius 1 is 1.18 bits per heavy atom. The monoisotopic (exact) mass is 367 g/mol. The molecule has 0 aliphatic rings. The fraction of sp³-hybridized carbons (Fsp3) is 0.143. The van der Waals surface area contributed by atoms with Gasteiger partial charge in [0.15, 0.2) is 0 Å². The number of fused-ring (bicyclic) bond motifs is 3. The molecule has 0 atom stereocenters. The van der Waals surface area contributed by atoms with Gasteiger partial charge in [0, 0.05) is 23.3 Å². The number of benzene rings is 1. The maximum Gasteiger partial charge on any atom is 0.146 e. The first-order valence-corrected chi connectivity index (χ1v) is 9.06. The van der Waals surface area contributed by atoms with Gasteiger partial charge in [-0.3, -0.25) is 9.25 Å². The summed E-state index contributed by atoms with van der Waals surface area (Å²) in [6.07, 6.45) is 7.88. The average molecular weight is 367 g/mol. The van der Waals surface area contributed by atoms with Crippen molar-refractivity contribution < 1.29 is 0 Å². The third kappa shape index (κ3) is 2.47. The maximum absolute atomic E-state index is 8.86. The molecule has 1 N–H and O–H groups in total. The number of nitrogens with zero attached hydrogens (tertiary/aromatic N) is 6. The first kappa shape index (κ1) is 16.3. The Morgan fingerprint density at radius 2 is 2.07 bits per heavy atom. The van der Waals surface area contributed by atoms with Gasteiger partial charge in [-0.1, -0.05) is 24.3 Å². The van der Waals surface area contributed by atoms with E-state index in [-0.39, 0.29) is 0 Å². The molecule has 0 bridgehead atoms. The SMILES string of the molecule is Cc1ccccc1-c1nc2cnc3[nH]ccc3c2n1-c1cnn(CCC#N)c1. The minimum Gasteiger partial charge on any atom is -0.346 e. The number of nitriles is 1. The Balaban J connectivity index is 1.83. The van der Waals surface area contributed by atoms with Crippen LogP contribution in [0.25, 0.3) is 39.1 Å². The number of aryl methyl sites for hydroxylation is 2. The first-order chi connectivity index (χ1) is 13.8. The van der Waals surface area contributed by atoms with Crippen LogP contribution in [0.4, 0.5) is 0 Å². The van der Waals surface area contributed by atoms with E-state index < -0.39 is 0 Å². The largest absolute Gasteiger partial charge is 0.346 e. The van der Waals surface area contributed by atoms with Gasteiger partial charge in [-0.2, -0.15) is 10.4 Å². The Hall–Kier alpha value is -3.92. The number of H-pyrrole nitrogens is 1. The van der Waals surface area contributed by atoms with E-state index in [4.69, 9.17) is 10.2 Å². The number of rotatable bonds is 4. The van der Waals surface area contributed by atoms with Gasteiger partial charge in [0.25, 0.3) is 0 Å². The van der Waals surface area contributed by atoms with Crippen LogP contribution in [0.2, 0.25) is 0 Å². The molecule has 0 radical (unpaired) electrons. The number of hydrogen-bond acceptors (Lipinski definition) is 4. The number of aromatic nitrogens is 6. The van der Waals surface area contributed by atoms with Gasteiger partial charge in [0.1, 0.15) is 17.0 Å². The molecule has 0 aliphatic carbocycles. The van der Waals surface area contributed by atoms with Gasteiger partial charge in [-0.05, 0) is 18.6 Å². The number of imidazole rings is 1. The van der Waals surface area contributed by atoms with Crippen molar-refractivity contribution in [2.24, 2.45) is 0 Å². The average Bonchev–Trinajstić information content (AvgIpc) is 3.43. The lowest BCUT2D eigenvalue weighted by Gasteiger charge is -2.09. The van der Waals surface area contributed by atoms with Crippen LogP contribution in [0.3, 0.4) is 0 Å². The van der Waals surface area contributed by atoms with Crippen LogP contribution in [0.1, 0.15) is 12.0 Å². The number of nitrogens with one attached hydrogen (secondary N) is 1. The van der Waals surface area contributed by atoms with Crippen LogP contribution in [-0.2, 0) is 6.54 Å². The van der Waals surface area contributed by atoms with Gasteiger partial charge in [0.2, 0.25) is 0 Å². The number of hydrogen-bond donors (Lipinski definition) is 1. The zero-order valence-corrected chi connectivity index (χ0v) is 15.3. The van der Waals surface area contributed by atoms with E-state index in [9.17, 15) is 0 Å². The smallest absolute Gasteiger partial charge is 0.146 e. The zero-order chi connectivity index (χ0) is 19.1. The van der Waals surface area contributed by atoms with Gasteiger partial charge in [-0.15, -0.1) is 0 Å².